The third-order valence-electron chi connectivity index (χ3n) is 4.44. The van der Waals surface area contributed by atoms with Gasteiger partial charge >= 0.3 is 0 Å². The highest BCUT2D eigenvalue weighted by Gasteiger charge is 2.25. The third-order valence-corrected chi connectivity index (χ3v) is 4.73. The number of nitrogens with zero attached hydrogens (tertiary/aromatic N) is 2. The molecular weight excluding hydrogens is 289 g/mol. The number of piperazine rings is 1. The highest BCUT2D eigenvalue weighted by molar-refractivity contribution is 6.30. The number of benzene rings is 1. The summed E-state index contributed by atoms with van der Waals surface area (Å²) in [5.74, 6) is -0.284. The normalized spacial score (nSPS) is 22.4. The largest absolute Gasteiger partial charge is 0.317 e. The van der Waals surface area contributed by atoms with Gasteiger partial charge in [0.2, 0.25) is 0 Å². The smallest absolute Gasteiger partial charge is 0.145 e. The summed E-state index contributed by atoms with van der Waals surface area (Å²) in [7, 11) is 6.27. The zero-order valence-corrected chi connectivity index (χ0v) is 13.8. The van der Waals surface area contributed by atoms with E-state index < -0.39 is 0 Å². The van der Waals surface area contributed by atoms with Gasteiger partial charge in [0.1, 0.15) is 5.82 Å². The molecule has 1 N–H and O–H groups in total. The molecule has 1 saturated heterocycles. The Hall–Kier alpha value is -0.680. The Balaban J connectivity index is 2.01. The van der Waals surface area contributed by atoms with Gasteiger partial charge in [-0.25, -0.2) is 4.39 Å². The molecule has 2 atom stereocenters. The van der Waals surface area contributed by atoms with Crippen LogP contribution in [0.2, 0.25) is 5.02 Å². The van der Waals surface area contributed by atoms with Crippen molar-refractivity contribution in [2.75, 3.05) is 40.8 Å². The quantitative estimate of drug-likeness (QED) is 0.899. The molecule has 1 aromatic rings. The summed E-state index contributed by atoms with van der Waals surface area (Å²) in [5.41, 5.74) is 0.689. The summed E-state index contributed by atoms with van der Waals surface area (Å²) in [6, 6.07) is 5.98. The van der Waals surface area contributed by atoms with Crippen molar-refractivity contribution in [1.29, 1.82) is 0 Å². The zero-order valence-electron chi connectivity index (χ0n) is 13.1. The molecule has 5 heteroatoms. The lowest BCUT2D eigenvalue weighted by Gasteiger charge is -2.39. The second-order valence-electron chi connectivity index (χ2n) is 6.04. The fourth-order valence-corrected chi connectivity index (χ4v) is 3.15. The molecule has 21 heavy (non-hydrogen) atoms. The molecule has 1 fully saturated rings. The Morgan fingerprint density at radius 1 is 1.38 bits per heavy atom. The van der Waals surface area contributed by atoms with E-state index in [1.165, 1.54) is 0 Å². The van der Waals surface area contributed by atoms with Crippen LogP contribution in [0.25, 0.3) is 0 Å². The first-order valence-electron chi connectivity index (χ1n) is 7.50. The molecule has 0 bridgehead atoms. The number of rotatable bonds is 5. The number of hydrogen-bond acceptors (Lipinski definition) is 3. The number of nitrogens with one attached hydrogen (secondary N) is 1. The van der Waals surface area contributed by atoms with E-state index in [0.717, 1.165) is 26.1 Å². The van der Waals surface area contributed by atoms with E-state index in [-0.39, 0.29) is 16.9 Å². The maximum Gasteiger partial charge on any atom is 0.145 e. The van der Waals surface area contributed by atoms with Crippen molar-refractivity contribution in [3.8, 4) is 0 Å². The maximum absolute atomic E-state index is 14.0. The van der Waals surface area contributed by atoms with Crippen LogP contribution in [-0.4, -0.2) is 62.7 Å². The zero-order chi connectivity index (χ0) is 15.4. The summed E-state index contributed by atoms with van der Waals surface area (Å²) >= 11 is 5.86. The molecule has 2 unspecified atom stereocenters. The Morgan fingerprint density at radius 3 is 2.86 bits per heavy atom. The number of hydrogen-bond donors (Lipinski definition) is 1. The first-order chi connectivity index (χ1) is 10.0. The fraction of sp³-hybridized carbons (Fsp3) is 0.625. The fourth-order valence-electron chi connectivity index (χ4n) is 2.96. The van der Waals surface area contributed by atoms with Crippen molar-refractivity contribution in [3.05, 3.63) is 34.6 Å². The van der Waals surface area contributed by atoms with Crippen molar-refractivity contribution < 1.29 is 4.39 Å². The van der Waals surface area contributed by atoms with Crippen LogP contribution in [0.4, 0.5) is 4.39 Å². The molecule has 118 valence electrons. The van der Waals surface area contributed by atoms with Crippen molar-refractivity contribution >= 4 is 11.6 Å². The molecule has 1 heterocycles. The van der Waals surface area contributed by atoms with Crippen LogP contribution in [0, 0.1) is 5.82 Å². The second-order valence-corrected chi connectivity index (χ2v) is 6.44. The van der Waals surface area contributed by atoms with Gasteiger partial charge in [0.05, 0.1) is 5.02 Å². The Bertz CT molecular complexity index is 469. The molecule has 1 aromatic carbocycles. The Morgan fingerprint density at radius 2 is 2.14 bits per heavy atom. The van der Waals surface area contributed by atoms with Gasteiger partial charge in [0.15, 0.2) is 0 Å². The lowest BCUT2D eigenvalue weighted by molar-refractivity contribution is 0.101. The highest BCUT2D eigenvalue weighted by atomic mass is 35.5. The SMILES string of the molecule is CNC(Cc1cccc(Cl)c1F)CC1CN(C)CCN1C. The molecular formula is C16H25ClFN3. The minimum atomic E-state index is -0.284. The summed E-state index contributed by atoms with van der Waals surface area (Å²) in [6.45, 7) is 3.26. The first kappa shape index (κ1) is 16.7. The summed E-state index contributed by atoms with van der Waals surface area (Å²) < 4.78 is 14.0. The van der Waals surface area contributed by atoms with E-state index in [9.17, 15) is 4.39 Å². The Labute approximate surface area is 132 Å². The lowest BCUT2D eigenvalue weighted by Crippen LogP contribution is -2.52. The van der Waals surface area contributed by atoms with Gasteiger partial charge in [-0.15, -0.1) is 0 Å². The molecule has 0 radical (unpaired) electrons. The number of likely N-dealkylation sites (N-methyl/N-ethyl adjacent to an activating group) is 3. The average molecular weight is 314 g/mol. The van der Waals surface area contributed by atoms with E-state index in [0.29, 0.717) is 18.0 Å². The summed E-state index contributed by atoms with van der Waals surface area (Å²) in [4.78, 5) is 4.76. The summed E-state index contributed by atoms with van der Waals surface area (Å²) in [5, 5.41) is 3.53. The van der Waals surface area contributed by atoms with Gasteiger partial charge in [-0.1, -0.05) is 23.7 Å². The van der Waals surface area contributed by atoms with Crippen molar-refractivity contribution in [2.45, 2.75) is 24.9 Å². The Kier molecular flexibility index (Phi) is 5.99. The minimum absolute atomic E-state index is 0.205. The van der Waals surface area contributed by atoms with Crippen molar-refractivity contribution in [1.82, 2.24) is 15.1 Å². The molecule has 0 spiro atoms. The third kappa shape index (κ3) is 4.39. The molecule has 0 amide bonds. The second kappa shape index (κ2) is 7.54. The van der Waals surface area contributed by atoms with Crippen LogP contribution in [-0.2, 0) is 6.42 Å². The monoisotopic (exact) mass is 313 g/mol. The van der Waals surface area contributed by atoms with E-state index >= 15 is 0 Å². The van der Waals surface area contributed by atoms with Gasteiger partial charge in [0.25, 0.3) is 0 Å². The van der Waals surface area contributed by atoms with Crippen molar-refractivity contribution in [2.24, 2.45) is 0 Å². The van der Waals surface area contributed by atoms with Crippen LogP contribution < -0.4 is 5.32 Å². The van der Waals surface area contributed by atoms with E-state index in [1.807, 2.05) is 19.2 Å². The molecule has 3 nitrogen and oxygen atoms in total. The topological polar surface area (TPSA) is 18.5 Å². The van der Waals surface area contributed by atoms with Gasteiger partial charge in [-0.05, 0) is 45.6 Å². The summed E-state index contributed by atoms with van der Waals surface area (Å²) in [6.07, 6.45) is 1.67. The molecule has 2 rings (SSSR count). The van der Waals surface area contributed by atoms with Crippen LogP contribution in [0.5, 0.6) is 0 Å². The first-order valence-corrected chi connectivity index (χ1v) is 7.88. The van der Waals surface area contributed by atoms with Crippen LogP contribution in [0.15, 0.2) is 18.2 Å². The number of halogens is 2. The van der Waals surface area contributed by atoms with Gasteiger partial charge in [0, 0.05) is 31.7 Å². The standard InChI is InChI=1S/C16H25ClFN3/c1-19-13(9-12-5-4-6-15(17)16(12)18)10-14-11-20(2)7-8-21(14)3/h4-6,13-14,19H,7-11H2,1-3H3. The van der Waals surface area contributed by atoms with Crippen molar-refractivity contribution in [3.63, 3.8) is 0 Å². The molecule has 0 aromatic heterocycles. The van der Waals surface area contributed by atoms with E-state index in [1.54, 1.807) is 6.07 Å². The molecule has 1 aliphatic heterocycles. The predicted molar refractivity (Wildman–Crippen MR) is 86.5 cm³/mol. The van der Waals surface area contributed by atoms with Crippen LogP contribution >= 0.6 is 11.6 Å². The van der Waals surface area contributed by atoms with Crippen LogP contribution in [0.1, 0.15) is 12.0 Å². The van der Waals surface area contributed by atoms with E-state index in [4.69, 9.17) is 11.6 Å². The predicted octanol–water partition coefficient (Wildman–Crippen LogP) is 2.25. The highest BCUT2D eigenvalue weighted by Crippen LogP contribution is 2.21. The molecule has 1 aliphatic rings. The van der Waals surface area contributed by atoms with E-state index in [2.05, 4.69) is 29.2 Å². The van der Waals surface area contributed by atoms with Crippen LogP contribution in [0.3, 0.4) is 0 Å². The minimum Gasteiger partial charge on any atom is -0.317 e. The maximum atomic E-state index is 14.0. The molecule has 0 saturated carbocycles. The molecule has 0 aliphatic carbocycles. The van der Waals surface area contributed by atoms with Gasteiger partial charge in [-0.2, -0.15) is 0 Å². The lowest BCUT2D eigenvalue weighted by atomic mass is 9.97. The average Bonchev–Trinajstić information content (AvgIpc) is 2.46. The van der Waals surface area contributed by atoms with Gasteiger partial charge in [-0.3, -0.25) is 0 Å². The van der Waals surface area contributed by atoms with Gasteiger partial charge < -0.3 is 15.1 Å².